The lowest BCUT2D eigenvalue weighted by Gasteiger charge is -2.00. The Kier molecular flexibility index (Phi) is 4.40. The van der Waals surface area contributed by atoms with Crippen LogP contribution in [0, 0.1) is 0 Å². The summed E-state index contributed by atoms with van der Waals surface area (Å²) in [5, 5.41) is 0. The number of rotatable bonds is 3. The summed E-state index contributed by atoms with van der Waals surface area (Å²) in [4.78, 5) is 13.0. The number of carbonyl (C=O) groups is 1. The van der Waals surface area contributed by atoms with E-state index in [2.05, 4.69) is 0 Å². The molecule has 0 atom stereocenters. The molecule has 0 fully saturated rings. The molecule has 2 N–H and O–H groups in total. The largest absolute Gasteiger partial charge is 0.465 e. The molecular weight excluding hydrogens is 325 g/mol. The average Bonchev–Trinajstić information content (AvgIpc) is 2.88. The van der Waals surface area contributed by atoms with E-state index in [-0.39, 0.29) is 0 Å². The van der Waals surface area contributed by atoms with Gasteiger partial charge in [0.2, 0.25) is 0 Å². The van der Waals surface area contributed by atoms with Gasteiger partial charge in [0.05, 0.1) is 17.1 Å². The highest BCUT2D eigenvalue weighted by Gasteiger charge is 2.23. The van der Waals surface area contributed by atoms with Crippen LogP contribution in [0.15, 0.2) is 6.07 Å². The first-order chi connectivity index (χ1) is 8.99. The van der Waals surface area contributed by atoms with Crippen molar-refractivity contribution >= 4 is 57.5 Å². The summed E-state index contributed by atoms with van der Waals surface area (Å²) in [5.41, 5.74) is 8.21. The van der Waals surface area contributed by atoms with Crippen molar-refractivity contribution in [1.29, 1.82) is 0 Å². The third kappa shape index (κ3) is 2.60. The predicted molar refractivity (Wildman–Crippen MR) is 82.8 cm³/mol. The summed E-state index contributed by atoms with van der Waals surface area (Å²) < 4.78 is 5.94. The monoisotopic (exact) mass is 335 g/mol. The standard InChI is InChI=1S/C12H11Cl2NO2S2/c1-3-5-8(15)10(12(16)17-2)19-9(5)6-4-7(13)18-11(6)14/h4H,3,15H2,1-2H3. The summed E-state index contributed by atoms with van der Waals surface area (Å²) >= 11 is 14.7. The highest BCUT2D eigenvalue weighted by molar-refractivity contribution is 7.22. The molecular formula is C12H11Cl2NO2S2. The van der Waals surface area contributed by atoms with E-state index >= 15 is 0 Å². The second kappa shape index (κ2) is 5.71. The van der Waals surface area contributed by atoms with Crippen LogP contribution < -0.4 is 5.73 Å². The zero-order valence-electron chi connectivity index (χ0n) is 10.3. The van der Waals surface area contributed by atoms with Crippen LogP contribution in [0.2, 0.25) is 8.67 Å². The lowest BCUT2D eigenvalue weighted by Crippen LogP contribution is -2.02. The van der Waals surface area contributed by atoms with E-state index in [1.165, 1.54) is 29.8 Å². The number of nitrogen functional groups attached to an aromatic ring is 1. The van der Waals surface area contributed by atoms with E-state index in [1.807, 2.05) is 6.92 Å². The third-order valence-corrected chi connectivity index (χ3v) is 5.42. The Labute approximate surface area is 128 Å². The van der Waals surface area contributed by atoms with Crippen molar-refractivity contribution in [2.45, 2.75) is 13.3 Å². The van der Waals surface area contributed by atoms with Gasteiger partial charge in [-0.15, -0.1) is 22.7 Å². The topological polar surface area (TPSA) is 52.3 Å². The molecule has 2 aromatic rings. The van der Waals surface area contributed by atoms with Crippen LogP contribution in [-0.4, -0.2) is 13.1 Å². The fraction of sp³-hybridized carbons (Fsp3) is 0.250. The van der Waals surface area contributed by atoms with Crippen LogP contribution >= 0.6 is 45.9 Å². The SMILES string of the molecule is CCc1c(-c2cc(Cl)sc2Cl)sc(C(=O)OC)c1N. The Morgan fingerprint density at radius 1 is 1.42 bits per heavy atom. The van der Waals surface area contributed by atoms with E-state index in [0.717, 1.165) is 16.0 Å². The van der Waals surface area contributed by atoms with Crippen molar-refractivity contribution in [3.05, 3.63) is 25.2 Å². The molecule has 0 bridgehead atoms. The smallest absolute Gasteiger partial charge is 0.350 e. The Balaban J connectivity index is 2.64. The number of thiophene rings is 2. The van der Waals surface area contributed by atoms with Crippen LogP contribution in [0.5, 0.6) is 0 Å². The molecule has 0 saturated heterocycles. The maximum Gasteiger partial charge on any atom is 0.350 e. The molecule has 0 radical (unpaired) electrons. The van der Waals surface area contributed by atoms with E-state index in [4.69, 9.17) is 33.7 Å². The minimum Gasteiger partial charge on any atom is -0.465 e. The minimum atomic E-state index is -0.430. The molecule has 2 heterocycles. The molecule has 0 amide bonds. The van der Waals surface area contributed by atoms with Crippen LogP contribution in [-0.2, 0) is 11.2 Å². The molecule has 0 spiro atoms. The van der Waals surface area contributed by atoms with Crippen molar-refractivity contribution in [2.75, 3.05) is 12.8 Å². The van der Waals surface area contributed by atoms with Crippen molar-refractivity contribution < 1.29 is 9.53 Å². The Bertz CT molecular complexity index is 634. The second-order valence-corrected chi connectivity index (χ2v) is 7.04. The van der Waals surface area contributed by atoms with Gasteiger partial charge in [0, 0.05) is 10.4 Å². The van der Waals surface area contributed by atoms with Crippen LogP contribution in [0.3, 0.4) is 0 Å². The van der Waals surface area contributed by atoms with E-state index in [1.54, 1.807) is 6.07 Å². The molecule has 0 aliphatic carbocycles. The van der Waals surface area contributed by atoms with Gasteiger partial charge in [-0.3, -0.25) is 0 Å². The lowest BCUT2D eigenvalue weighted by molar-refractivity contribution is 0.0607. The molecule has 0 aliphatic rings. The summed E-state index contributed by atoms with van der Waals surface area (Å²) in [7, 11) is 1.33. The van der Waals surface area contributed by atoms with Gasteiger partial charge in [-0.2, -0.15) is 0 Å². The van der Waals surface area contributed by atoms with Gasteiger partial charge < -0.3 is 10.5 Å². The number of esters is 1. The van der Waals surface area contributed by atoms with Crippen molar-refractivity contribution in [3.63, 3.8) is 0 Å². The highest BCUT2D eigenvalue weighted by Crippen LogP contribution is 2.45. The van der Waals surface area contributed by atoms with Gasteiger partial charge in [-0.1, -0.05) is 30.1 Å². The van der Waals surface area contributed by atoms with Gasteiger partial charge in [-0.25, -0.2) is 4.79 Å². The molecule has 0 unspecified atom stereocenters. The first-order valence-corrected chi connectivity index (χ1v) is 7.83. The minimum absolute atomic E-state index is 0.410. The number of ether oxygens (including phenoxy) is 1. The molecule has 0 saturated carbocycles. The number of carbonyl (C=O) groups excluding carboxylic acids is 1. The number of anilines is 1. The molecule has 2 aromatic heterocycles. The first kappa shape index (κ1) is 14.7. The normalized spacial score (nSPS) is 10.7. The number of methoxy groups -OCH3 is 1. The third-order valence-electron chi connectivity index (χ3n) is 2.67. The maximum atomic E-state index is 11.7. The summed E-state index contributed by atoms with van der Waals surface area (Å²) in [6, 6.07) is 1.79. The van der Waals surface area contributed by atoms with E-state index < -0.39 is 5.97 Å². The molecule has 102 valence electrons. The Hall–Kier alpha value is -0.750. The van der Waals surface area contributed by atoms with Crippen molar-refractivity contribution in [3.8, 4) is 10.4 Å². The fourth-order valence-corrected chi connectivity index (χ4v) is 4.64. The van der Waals surface area contributed by atoms with Crippen molar-refractivity contribution in [2.24, 2.45) is 0 Å². The van der Waals surface area contributed by atoms with E-state index in [0.29, 0.717) is 25.7 Å². The van der Waals surface area contributed by atoms with Gasteiger partial charge in [-0.05, 0) is 18.1 Å². The fourth-order valence-electron chi connectivity index (χ4n) is 1.79. The van der Waals surface area contributed by atoms with Crippen LogP contribution in [0.25, 0.3) is 10.4 Å². The molecule has 0 aliphatic heterocycles. The highest BCUT2D eigenvalue weighted by atomic mass is 35.5. The summed E-state index contributed by atoms with van der Waals surface area (Å²) in [6.07, 6.45) is 0.707. The molecule has 3 nitrogen and oxygen atoms in total. The zero-order chi connectivity index (χ0) is 14.2. The first-order valence-electron chi connectivity index (χ1n) is 5.44. The van der Waals surface area contributed by atoms with Crippen LogP contribution in [0.1, 0.15) is 22.2 Å². The average molecular weight is 336 g/mol. The summed E-state index contributed by atoms with van der Waals surface area (Å²) in [5.74, 6) is -0.430. The maximum absolute atomic E-state index is 11.7. The van der Waals surface area contributed by atoms with E-state index in [9.17, 15) is 4.79 Å². The second-order valence-electron chi connectivity index (χ2n) is 3.74. The summed E-state index contributed by atoms with van der Waals surface area (Å²) in [6.45, 7) is 1.98. The molecule has 19 heavy (non-hydrogen) atoms. The Morgan fingerprint density at radius 2 is 2.11 bits per heavy atom. The number of halogens is 2. The molecule has 0 aromatic carbocycles. The van der Waals surface area contributed by atoms with Gasteiger partial charge in [0.1, 0.15) is 9.21 Å². The molecule has 7 heteroatoms. The van der Waals surface area contributed by atoms with Crippen molar-refractivity contribution in [1.82, 2.24) is 0 Å². The van der Waals surface area contributed by atoms with Gasteiger partial charge in [0.25, 0.3) is 0 Å². The van der Waals surface area contributed by atoms with Gasteiger partial charge in [0.15, 0.2) is 0 Å². The number of hydrogen-bond donors (Lipinski definition) is 1. The number of hydrogen-bond acceptors (Lipinski definition) is 5. The van der Waals surface area contributed by atoms with Gasteiger partial charge >= 0.3 is 5.97 Å². The zero-order valence-corrected chi connectivity index (χ0v) is 13.4. The Morgan fingerprint density at radius 3 is 2.58 bits per heavy atom. The number of nitrogens with two attached hydrogens (primary N) is 1. The quantitative estimate of drug-likeness (QED) is 0.826. The molecule has 2 rings (SSSR count). The van der Waals surface area contributed by atoms with Crippen LogP contribution in [0.4, 0.5) is 5.69 Å². The lowest BCUT2D eigenvalue weighted by atomic mass is 10.1. The predicted octanol–water partition coefficient (Wildman–Crippen LogP) is 4.71.